The van der Waals surface area contributed by atoms with E-state index in [9.17, 15) is 19.1 Å². The first kappa shape index (κ1) is 47.6. The number of carbonyl (C=O) groups excluding carboxylic acids is 1. The van der Waals surface area contributed by atoms with E-state index in [0.717, 1.165) is 38.5 Å². The number of carbonyl (C=O) groups is 1. The minimum Gasteiger partial charge on any atom is -0.465 e. The second-order valence-corrected chi connectivity index (χ2v) is 17.1. The first-order chi connectivity index (χ1) is 23.3. The van der Waals surface area contributed by atoms with E-state index in [1.165, 1.54) is 161 Å². The predicted molar refractivity (Wildman–Crippen MR) is 209 cm³/mol. The highest BCUT2D eigenvalue weighted by Gasteiger charge is 2.57. The van der Waals surface area contributed by atoms with Gasteiger partial charge in [-0.15, -0.1) is 0 Å². The summed E-state index contributed by atoms with van der Waals surface area (Å²) in [5, 5.41) is -1.71. The van der Waals surface area contributed by atoms with Crippen molar-refractivity contribution in [3.8, 4) is 0 Å². The molecule has 0 radical (unpaired) electrons. The summed E-state index contributed by atoms with van der Waals surface area (Å²) in [6, 6.07) is 0. The van der Waals surface area contributed by atoms with Crippen LogP contribution in [0.1, 0.15) is 246 Å². The number of unbranched alkanes of at least 4 members (excludes halogenated alkanes) is 30. The number of ether oxygens (including phenoxy) is 1. The van der Waals surface area contributed by atoms with E-state index in [0.29, 0.717) is 12.8 Å². The summed E-state index contributed by atoms with van der Waals surface area (Å²) in [6.45, 7) is 8.28. The van der Waals surface area contributed by atoms with Crippen LogP contribution in [0.3, 0.4) is 0 Å². The lowest BCUT2D eigenvalue weighted by Gasteiger charge is -2.37. The first-order valence-electron chi connectivity index (χ1n) is 21.5. The molecule has 5 nitrogen and oxygen atoms in total. The summed E-state index contributed by atoms with van der Waals surface area (Å²) < 4.78 is 18.3. The summed E-state index contributed by atoms with van der Waals surface area (Å²) in [4.78, 5) is 34.3. The summed E-state index contributed by atoms with van der Waals surface area (Å²) in [6.07, 6.45) is 41.7. The van der Waals surface area contributed by atoms with Crippen LogP contribution < -0.4 is 0 Å². The number of hydrogen-bond acceptors (Lipinski definition) is 3. The third-order valence-corrected chi connectivity index (χ3v) is 12.8. The van der Waals surface area contributed by atoms with Crippen molar-refractivity contribution in [2.45, 2.75) is 251 Å². The monoisotopic (exact) mass is 701 g/mol. The molecule has 2 N–H and O–H groups in total. The van der Waals surface area contributed by atoms with E-state index >= 15 is 0 Å². The van der Waals surface area contributed by atoms with Gasteiger partial charge in [0.25, 0.3) is 0 Å². The molecule has 0 fully saturated rings. The molecular formula is C42H85O5P. The average molecular weight is 701 g/mol. The maximum atomic E-state index is 13.2. The van der Waals surface area contributed by atoms with Crippen LogP contribution in [0.25, 0.3) is 0 Å². The zero-order valence-electron chi connectivity index (χ0n) is 32.9. The Hall–Kier alpha value is -0.380. The van der Waals surface area contributed by atoms with Crippen LogP contribution in [0.2, 0.25) is 0 Å². The quantitative estimate of drug-likeness (QED) is 0.0380. The van der Waals surface area contributed by atoms with Gasteiger partial charge < -0.3 is 14.5 Å². The van der Waals surface area contributed by atoms with E-state index in [4.69, 9.17) is 4.74 Å². The van der Waals surface area contributed by atoms with Crippen LogP contribution in [-0.2, 0) is 14.1 Å². The van der Waals surface area contributed by atoms with Crippen LogP contribution in [-0.4, -0.2) is 27.5 Å². The topological polar surface area (TPSA) is 83.8 Å². The minimum atomic E-state index is -4.70. The van der Waals surface area contributed by atoms with Crippen molar-refractivity contribution in [2.75, 3.05) is 6.61 Å². The van der Waals surface area contributed by atoms with E-state index in [2.05, 4.69) is 13.8 Å². The molecule has 0 bridgehead atoms. The van der Waals surface area contributed by atoms with Gasteiger partial charge in [-0.05, 0) is 25.7 Å². The van der Waals surface area contributed by atoms with Crippen LogP contribution in [0.5, 0.6) is 0 Å². The van der Waals surface area contributed by atoms with E-state index < -0.39 is 24.6 Å². The van der Waals surface area contributed by atoms with Crippen molar-refractivity contribution >= 4 is 13.6 Å². The Kier molecular flexibility index (Phi) is 33.5. The maximum Gasteiger partial charge on any atom is 0.343 e. The molecule has 0 spiro atoms. The van der Waals surface area contributed by atoms with Gasteiger partial charge >= 0.3 is 13.6 Å². The zero-order valence-corrected chi connectivity index (χ0v) is 33.8. The summed E-state index contributed by atoms with van der Waals surface area (Å²) in [5.41, 5.74) is 0. The molecule has 0 rings (SSSR count). The van der Waals surface area contributed by atoms with Gasteiger partial charge in [-0.3, -0.25) is 9.36 Å². The molecule has 48 heavy (non-hydrogen) atoms. The molecule has 0 heterocycles. The lowest BCUT2D eigenvalue weighted by Crippen LogP contribution is -2.46. The van der Waals surface area contributed by atoms with E-state index in [1.807, 2.05) is 6.92 Å². The van der Waals surface area contributed by atoms with Crippen molar-refractivity contribution in [3.63, 3.8) is 0 Å². The Morgan fingerprint density at radius 1 is 0.500 bits per heavy atom. The van der Waals surface area contributed by atoms with Gasteiger partial charge in [0, 0.05) is 0 Å². The smallest absolute Gasteiger partial charge is 0.343 e. The Morgan fingerprint density at radius 2 is 0.771 bits per heavy atom. The molecule has 0 saturated carbocycles. The van der Waals surface area contributed by atoms with Crippen molar-refractivity contribution in [1.82, 2.24) is 0 Å². The zero-order chi connectivity index (χ0) is 35.6. The normalized spacial score (nSPS) is 13.9. The molecule has 0 aromatic heterocycles. The molecule has 0 aliphatic carbocycles. The molecule has 0 aliphatic heterocycles. The molecule has 0 aliphatic rings. The van der Waals surface area contributed by atoms with Gasteiger partial charge in [-0.1, -0.05) is 226 Å². The highest BCUT2D eigenvalue weighted by molar-refractivity contribution is 7.54. The number of rotatable bonds is 38. The lowest BCUT2D eigenvalue weighted by atomic mass is 9.84. The molecule has 288 valence electrons. The second-order valence-electron chi connectivity index (χ2n) is 15.2. The standard InChI is InChI=1S/C42H85O5P/c1-5-8-10-12-14-16-18-20-22-24-26-28-30-32-34-36-38-40(4)42(48(44,45)46,41(43)47-7-3)39-37-35-33-31-29-27-25-23-21-19-17-15-13-11-9-6-2/h40H,5-39H2,1-4H3,(H2,44,45,46). The van der Waals surface area contributed by atoms with Crippen molar-refractivity contribution < 1.29 is 23.9 Å². The highest BCUT2D eigenvalue weighted by Crippen LogP contribution is 2.59. The molecule has 0 aromatic carbocycles. The summed E-state index contributed by atoms with van der Waals surface area (Å²) in [7, 11) is -4.70. The molecule has 2 unspecified atom stereocenters. The van der Waals surface area contributed by atoms with Crippen molar-refractivity contribution in [2.24, 2.45) is 5.92 Å². The fraction of sp³-hybridized carbons (Fsp3) is 0.976. The van der Waals surface area contributed by atoms with Crippen LogP contribution in [0.4, 0.5) is 0 Å². The number of hydrogen-bond donors (Lipinski definition) is 2. The molecule has 0 amide bonds. The van der Waals surface area contributed by atoms with Gasteiger partial charge in [0.15, 0.2) is 5.16 Å². The van der Waals surface area contributed by atoms with Crippen molar-refractivity contribution in [1.29, 1.82) is 0 Å². The summed E-state index contributed by atoms with van der Waals surface area (Å²) >= 11 is 0. The minimum absolute atomic E-state index is 0.144. The van der Waals surface area contributed by atoms with Crippen LogP contribution in [0.15, 0.2) is 0 Å². The van der Waals surface area contributed by atoms with Gasteiger partial charge in [-0.25, -0.2) is 0 Å². The molecule has 2 atom stereocenters. The van der Waals surface area contributed by atoms with Gasteiger partial charge in [0.2, 0.25) is 0 Å². The van der Waals surface area contributed by atoms with Gasteiger partial charge in [-0.2, -0.15) is 0 Å². The highest BCUT2D eigenvalue weighted by atomic mass is 31.2. The Balaban J connectivity index is 4.24. The second kappa shape index (κ2) is 33.7. The average Bonchev–Trinajstić information content (AvgIpc) is 3.05. The van der Waals surface area contributed by atoms with E-state index in [-0.39, 0.29) is 13.0 Å². The maximum absolute atomic E-state index is 13.2. The first-order valence-corrected chi connectivity index (χ1v) is 23.1. The molecule has 0 saturated heterocycles. The van der Waals surface area contributed by atoms with Crippen LogP contribution >= 0.6 is 7.60 Å². The third-order valence-electron chi connectivity index (χ3n) is 10.9. The van der Waals surface area contributed by atoms with Gasteiger partial charge in [0.05, 0.1) is 6.61 Å². The predicted octanol–water partition coefficient (Wildman–Crippen LogP) is 14.4. The van der Waals surface area contributed by atoms with E-state index in [1.54, 1.807) is 6.92 Å². The molecule has 0 aromatic rings. The molecular weight excluding hydrogens is 615 g/mol. The summed E-state index contributed by atoms with van der Waals surface area (Å²) in [5.74, 6) is -1.09. The third kappa shape index (κ3) is 24.7. The lowest BCUT2D eigenvalue weighted by molar-refractivity contribution is -0.149. The van der Waals surface area contributed by atoms with Crippen molar-refractivity contribution in [3.05, 3.63) is 0 Å². The largest absolute Gasteiger partial charge is 0.465 e. The Morgan fingerprint density at radius 3 is 1.04 bits per heavy atom. The Bertz CT molecular complexity index is 738. The SMILES string of the molecule is CCCCCCCCCCCCCCCCCCC(C)C(CCCCCCCCCCCCCCCCCC)(C(=O)OCC)P(=O)(O)O. The fourth-order valence-electron chi connectivity index (χ4n) is 7.54. The number of esters is 1. The van der Waals surface area contributed by atoms with Crippen LogP contribution in [0, 0.1) is 5.92 Å². The fourth-order valence-corrected chi connectivity index (χ4v) is 8.99. The molecule has 6 heteroatoms. The Labute approximate surface area is 300 Å². The van der Waals surface area contributed by atoms with Gasteiger partial charge in [0.1, 0.15) is 0 Å².